The van der Waals surface area contributed by atoms with E-state index in [0.717, 1.165) is 15.6 Å². The monoisotopic (exact) mass is 327 g/mol. The van der Waals surface area contributed by atoms with Crippen LogP contribution in [0.25, 0.3) is 0 Å². The van der Waals surface area contributed by atoms with Crippen molar-refractivity contribution in [1.82, 2.24) is 0 Å². The van der Waals surface area contributed by atoms with Gasteiger partial charge in [0, 0.05) is 10.0 Å². The number of Topliss-reactive ketones (excluding diaryl/α,β-unsaturated/α-hetero) is 1. The van der Waals surface area contributed by atoms with Gasteiger partial charge in [-0.2, -0.15) is 0 Å². The molecule has 1 rings (SSSR count). The second kappa shape index (κ2) is 6.13. The number of benzene rings is 1. The van der Waals surface area contributed by atoms with E-state index >= 15 is 0 Å². The molecule has 18 heavy (non-hydrogen) atoms. The van der Waals surface area contributed by atoms with Crippen molar-refractivity contribution < 1.29 is 9.22 Å². The van der Waals surface area contributed by atoms with Gasteiger partial charge in [-0.3, -0.25) is 4.79 Å². The lowest BCUT2D eigenvalue weighted by Gasteiger charge is -2.23. The summed E-state index contributed by atoms with van der Waals surface area (Å²) in [5.74, 6) is 0.0682. The van der Waals surface area contributed by atoms with Crippen LogP contribution >= 0.6 is 15.9 Å². The van der Waals surface area contributed by atoms with Crippen LogP contribution in [-0.4, -0.2) is 21.4 Å². The molecular formula is C14H20BrO2Si. The highest BCUT2D eigenvalue weighted by Crippen LogP contribution is 2.29. The van der Waals surface area contributed by atoms with Crippen molar-refractivity contribution in [3.05, 3.63) is 33.8 Å². The van der Waals surface area contributed by atoms with Crippen LogP contribution in [0.2, 0.25) is 13.1 Å². The molecule has 0 aliphatic rings. The van der Waals surface area contributed by atoms with Gasteiger partial charge in [0.15, 0.2) is 5.78 Å². The van der Waals surface area contributed by atoms with Crippen molar-refractivity contribution in [2.24, 2.45) is 0 Å². The van der Waals surface area contributed by atoms with Gasteiger partial charge in [-0.15, -0.1) is 0 Å². The Balaban J connectivity index is 3.05. The van der Waals surface area contributed by atoms with Crippen molar-refractivity contribution in [1.29, 1.82) is 0 Å². The molecular weight excluding hydrogens is 308 g/mol. The molecule has 0 atom stereocenters. The molecule has 0 spiro atoms. The first-order chi connectivity index (χ1) is 8.21. The number of rotatable bonds is 4. The molecule has 0 aromatic heterocycles. The molecule has 1 radical (unpaired) electrons. The van der Waals surface area contributed by atoms with E-state index in [4.69, 9.17) is 4.43 Å². The van der Waals surface area contributed by atoms with Gasteiger partial charge in [-0.25, -0.2) is 0 Å². The van der Waals surface area contributed by atoms with Gasteiger partial charge >= 0.3 is 0 Å². The van der Waals surface area contributed by atoms with E-state index in [0.29, 0.717) is 0 Å². The Morgan fingerprint density at radius 1 is 1.33 bits per heavy atom. The average molecular weight is 328 g/mol. The maximum atomic E-state index is 12.2. The lowest BCUT2D eigenvalue weighted by molar-refractivity contribution is 0.0919. The number of halogens is 1. The second-order valence-electron chi connectivity index (χ2n) is 5.56. The summed E-state index contributed by atoms with van der Waals surface area (Å²) in [5, 5.41) is 0. The molecule has 0 unspecified atom stereocenters. The number of hydrogen-bond donors (Lipinski definition) is 0. The summed E-state index contributed by atoms with van der Waals surface area (Å²) in [6.45, 7) is 10.6. The zero-order valence-electron chi connectivity index (χ0n) is 11.6. The topological polar surface area (TPSA) is 26.3 Å². The van der Waals surface area contributed by atoms with Gasteiger partial charge < -0.3 is 4.43 Å². The summed E-state index contributed by atoms with van der Waals surface area (Å²) in [4.78, 5) is 12.2. The van der Waals surface area contributed by atoms with Crippen LogP contribution in [0.1, 0.15) is 36.7 Å². The Hall–Kier alpha value is -0.453. The molecule has 1 aromatic rings. The van der Waals surface area contributed by atoms with Gasteiger partial charge in [0.25, 0.3) is 0 Å². The Morgan fingerprint density at radius 3 is 2.44 bits per heavy atom. The number of carbonyl (C=O) groups excluding carboxylic acids is 1. The number of ketones is 1. The van der Waals surface area contributed by atoms with Crippen molar-refractivity contribution in [3.63, 3.8) is 0 Å². The van der Waals surface area contributed by atoms with Gasteiger partial charge in [0.05, 0.1) is 6.61 Å². The molecule has 0 aliphatic heterocycles. The van der Waals surface area contributed by atoms with Crippen molar-refractivity contribution in [2.45, 2.75) is 39.3 Å². The lowest BCUT2D eigenvalue weighted by Crippen LogP contribution is -2.21. The molecule has 4 heteroatoms. The predicted octanol–water partition coefficient (Wildman–Crippen LogP) is 4.20. The molecule has 0 saturated heterocycles. The maximum absolute atomic E-state index is 12.2. The van der Waals surface area contributed by atoms with Crippen LogP contribution in [-0.2, 0) is 9.84 Å². The molecule has 0 aliphatic carbocycles. The summed E-state index contributed by atoms with van der Waals surface area (Å²) in [6, 6.07) is 5.82. The van der Waals surface area contributed by atoms with E-state index in [1.807, 2.05) is 31.3 Å². The average Bonchev–Trinajstić information content (AvgIpc) is 2.24. The number of hydrogen-bond acceptors (Lipinski definition) is 2. The molecule has 2 nitrogen and oxygen atoms in total. The van der Waals surface area contributed by atoms with Crippen LogP contribution in [0.4, 0.5) is 0 Å². The van der Waals surface area contributed by atoms with Crippen LogP contribution in [0.3, 0.4) is 0 Å². The highest BCUT2D eigenvalue weighted by molar-refractivity contribution is 9.10. The quantitative estimate of drug-likeness (QED) is 0.612. The van der Waals surface area contributed by atoms with Crippen LogP contribution in [0.15, 0.2) is 22.7 Å². The van der Waals surface area contributed by atoms with Gasteiger partial charge in [0.2, 0.25) is 9.04 Å². The summed E-state index contributed by atoms with van der Waals surface area (Å²) in [6.07, 6.45) is 0. The van der Waals surface area contributed by atoms with E-state index in [-0.39, 0.29) is 17.8 Å². The first kappa shape index (κ1) is 15.6. The summed E-state index contributed by atoms with van der Waals surface area (Å²) >= 11 is 3.46. The Labute approximate surface area is 120 Å². The largest absolute Gasteiger partial charge is 0.409 e. The molecule has 99 valence electrons. The summed E-state index contributed by atoms with van der Waals surface area (Å²) in [7, 11) is -0.823. The molecule has 0 saturated carbocycles. The standard InChI is InChI=1S/C14H20BrO2Si/c1-14(2,3)12-8-10(15)6-7-11(12)13(16)9-17-18(4)5/h6-8H,9H2,1-5H3. The van der Waals surface area contributed by atoms with Crippen molar-refractivity contribution >= 4 is 30.8 Å². The van der Waals surface area contributed by atoms with E-state index in [1.54, 1.807) is 0 Å². The third kappa shape index (κ3) is 4.34. The van der Waals surface area contributed by atoms with Crippen LogP contribution in [0.5, 0.6) is 0 Å². The van der Waals surface area contributed by atoms with E-state index in [9.17, 15) is 4.79 Å². The maximum Gasteiger partial charge on any atom is 0.205 e. The van der Waals surface area contributed by atoms with E-state index in [1.165, 1.54) is 0 Å². The molecule has 0 N–H and O–H groups in total. The number of carbonyl (C=O) groups is 1. The lowest BCUT2D eigenvalue weighted by atomic mass is 9.83. The van der Waals surface area contributed by atoms with Gasteiger partial charge in [-0.1, -0.05) is 36.7 Å². The van der Waals surface area contributed by atoms with Crippen LogP contribution < -0.4 is 0 Å². The molecule has 0 heterocycles. The minimum atomic E-state index is -0.823. The third-order valence-corrected chi connectivity index (χ3v) is 3.80. The Bertz CT molecular complexity index is 436. The highest BCUT2D eigenvalue weighted by atomic mass is 79.9. The summed E-state index contributed by atoms with van der Waals surface area (Å²) < 4.78 is 6.50. The Kier molecular flexibility index (Phi) is 5.31. The minimum absolute atomic E-state index is 0.0546. The van der Waals surface area contributed by atoms with Gasteiger partial charge in [0.1, 0.15) is 0 Å². The van der Waals surface area contributed by atoms with Crippen LogP contribution in [0, 0.1) is 0 Å². The smallest absolute Gasteiger partial charge is 0.205 e. The molecule has 0 bridgehead atoms. The first-order valence-electron chi connectivity index (χ1n) is 5.98. The second-order valence-corrected chi connectivity index (χ2v) is 8.58. The molecule has 0 amide bonds. The fourth-order valence-corrected chi connectivity index (χ4v) is 2.45. The van der Waals surface area contributed by atoms with Crippen molar-refractivity contribution in [2.75, 3.05) is 6.61 Å². The Morgan fingerprint density at radius 2 is 1.94 bits per heavy atom. The fourth-order valence-electron chi connectivity index (χ4n) is 1.67. The predicted molar refractivity (Wildman–Crippen MR) is 80.6 cm³/mol. The van der Waals surface area contributed by atoms with E-state index in [2.05, 4.69) is 36.7 Å². The van der Waals surface area contributed by atoms with Gasteiger partial charge in [-0.05, 0) is 42.3 Å². The minimum Gasteiger partial charge on any atom is -0.409 e. The fraction of sp³-hybridized carbons (Fsp3) is 0.500. The summed E-state index contributed by atoms with van der Waals surface area (Å²) in [5.41, 5.74) is 1.78. The molecule has 0 fully saturated rings. The zero-order valence-corrected chi connectivity index (χ0v) is 14.2. The normalized spacial score (nSPS) is 11.9. The zero-order chi connectivity index (χ0) is 13.9. The highest BCUT2D eigenvalue weighted by Gasteiger charge is 2.22. The third-order valence-electron chi connectivity index (χ3n) is 2.58. The SMILES string of the molecule is C[Si](C)OCC(=O)c1ccc(Br)cc1C(C)(C)C. The first-order valence-corrected chi connectivity index (χ1v) is 9.18. The molecule has 1 aromatic carbocycles. The van der Waals surface area contributed by atoms with Crippen molar-refractivity contribution in [3.8, 4) is 0 Å². The van der Waals surface area contributed by atoms with E-state index < -0.39 is 9.04 Å².